The third-order valence-electron chi connectivity index (χ3n) is 0.0845. The molecule has 0 saturated carbocycles. The number of halogens is 1. The van der Waals surface area contributed by atoms with Gasteiger partial charge in [0.05, 0.1) is 12.9 Å². The normalized spacial score (nSPS) is 6.00. The van der Waals surface area contributed by atoms with Crippen LogP contribution in [0.15, 0.2) is 12.8 Å². The van der Waals surface area contributed by atoms with E-state index in [2.05, 4.69) is 6.58 Å². The molecule has 0 aliphatic rings. The smallest absolute Gasteiger partial charge is 0.0719 e. The molecule has 2 N–H and O–H groups in total. The first-order chi connectivity index (χ1) is 3.33. The molecule has 0 fully saturated rings. The Morgan fingerprint density at radius 2 is 1.86 bits per heavy atom. The molecule has 0 rings (SSSR count). The van der Waals surface area contributed by atoms with Crippen molar-refractivity contribution in [1.82, 2.24) is 0 Å². The van der Waals surface area contributed by atoms with E-state index in [1.54, 1.807) is 0 Å². The van der Waals surface area contributed by atoms with Gasteiger partial charge in [-0.2, -0.15) is 0 Å². The molecule has 44 valence electrons. The first-order valence-electron chi connectivity index (χ1n) is 1.75. The Hall–Kier alpha value is -0.210. The fourth-order valence-corrected chi connectivity index (χ4v) is 0. The summed E-state index contributed by atoms with van der Waals surface area (Å²) in [6.07, 6.45) is 0.750. The Balaban J connectivity index is 0. The van der Waals surface area contributed by atoms with Crippen LogP contribution in [0, 0.1) is 0 Å². The summed E-state index contributed by atoms with van der Waals surface area (Å²) in [6, 6.07) is 0. The highest BCUT2D eigenvalue weighted by Gasteiger charge is 1.60. The van der Waals surface area contributed by atoms with E-state index >= 15 is 0 Å². The first kappa shape index (κ1) is 9.92. The Morgan fingerprint density at radius 1 is 1.71 bits per heavy atom. The van der Waals surface area contributed by atoms with E-state index in [-0.39, 0.29) is 6.61 Å². The van der Waals surface area contributed by atoms with Gasteiger partial charge in [-0.25, -0.2) is 0 Å². The molecule has 0 heterocycles. The van der Waals surface area contributed by atoms with Gasteiger partial charge >= 0.3 is 0 Å². The van der Waals surface area contributed by atoms with Crippen molar-refractivity contribution in [2.24, 2.45) is 0 Å². The van der Waals surface area contributed by atoms with Crippen LogP contribution in [0.1, 0.15) is 0 Å². The fraction of sp³-hybridized carbons (Fsp3) is 0.500. The van der Waals surface area contributed by atoms with Gasteiger partial charge in [-0.1, -0.05) is 6.58 Å². The molecule has 0 aromatic heterocycles. The summed E-state index contributed by atoms with van der Waals surface area (Å²) in [5.41, 5.74) is 0. The van der Waals surface area contributed by atoms with Crippen molar-refractivity contribution in [3.05, 3.63) is 12.8 Å². The maximum Gasteiger partial charge on any atom is 0.0719 e. The van der Waals surface area contributed by atoms with Gasteiger partial charge in [0.25, 0.3) is 0 Å². The molecule has 0 aromatic rings. The summed E-state index contributed by atoms with van der Waals surface area (Å²) in [5, 5.41) is 15.1. The lowest BCUT2D eigenvalue weighted by molar-refractivity contribution is 0.321. The summed E-state index contributed by atoms with van der Waals surface area (Å²) in [6.45, 7) is 3.00. The number of hydrogen-bond acceptors (Lipinski definition) is 2. The zero-order valence-corrected chi connectivity index (χ0v) is 4.73. The van der Waals surface area contributed by atoms with Crippen molar-refractivity contribution < 1.29 is 10.2 Å². The minimum atomic E-state index is 0.0849. The Labute approximate surface area is 48.0 Å². The number of aliphatic hydroxyl groups is 2. The third kappa shape index (κ3) is 133. The van der Waals surface area contributed by atoms with Crippen LogP contribution >= 0.6 is 11.6 Å². The van der Waals surface area contributed by atoms with Crippen molar-refractivity contribution in [2.45, 2.75) is 0 Å². The van der Waals surface area contributed by atoms with E-state index in [1.165, 1.54) is 0 Å². The van der Waals surface area contributed by atoms with Crippen molar-refractivity contribution in [2.75, 3.05) is 12.5 Å². The van der Waals surface area contributed by atoms with Crippen LogP contribution in [0.25, 0.3) is 0 Å². The van der Waals surface area contributed by atoms with Gasteiger partial charge in [-0.15, -0.1) is 11.6 Å². The highest BCUT2D eigenvalue weighted by atomic mass is 35.5. The molecule has 3 heteroatoms. The molecular weight excluding hydrogens is 115 g/mol. The van der Waals surface area contributed by atoms with Gasteiger partial charge in [0.1, 0.15) is 0 Å². The SMILES string of the molecule is C=CO.OCCCl. The first-order valence-corrected chi connectivity index (χ1v) is 2.28. The molecule has 0 unspecified atom stereocenters. The van der Waals surface area contributed by atoms with Crippen LogP contribution in [0.2, 0.25) is 0 Å². The zero-order chi connectivity index (χ0) is 6.12. The van der Waals surface area contributed by atoms with E-state index in [0.29, 0.717) is 5.88 Å². The van der Waals surface area contributed by atoms with E-state index in [1.807, 2.05) is 0 Å². The van der Waals surface area contributed by atoms with Gasteiger partial charge in [0.2, 0.25) is 0 Å². The van der Waals surface area contributed by atoms with Crippen LogP contribution < -0.4 is 0 Å². The van der Waals surface area contributed by atoms with E-state index in [4.69, 9.17) is 21.8 Å². The number of hydrogen-bond donors (Lipinski definition) is 2. The minimum absolute atomic E-state index is 0.0849. The van der Waals surface area contributed by atoms with Crippen molar-refractivity contribution in [3.8, 4) is 0 Å². The Morgan fingerprint density at radius 3 is 1.86 bits per heavy atom. The summed E-state index contributed by atoms with van der Waals surface area (Å²) >= 11 is 4.94. The number of rotatable bonds is 1. The molecule has 0 aliphatic carbocycles. The van der Waals surface area contributed by atoms with E-state index < -0.39 is 0 Å². The maximum absolute atomic E-state index is 7.74. The monoisotopic (exact) mass is 124 g/mol. The van der Waals surface area contributed by atoms with Gasteiger partial charge in [0.15, 0.2) is 0 Å². The predicted molar refractivity (Wildman–Crippen MR) is 30.6 cm³/mol. The van der Waals surface area contributed by atoms with Crippen LogP contribution in [-0.2, 0) is 0 Å². The third-order valence-corrected chi connectivity index (χ3v) is 0.254. The summed E-state index contributed by atoms with van der Waals surface area (Å²) < 4.78 is 0. The van der Waals surface area contributed by atoms with E-state index in [9.17, 15) is 0 Å². The molecule has 0 radical (unpaired) electrons. The van der Waals surface area contributed by atoms with Gasteiger partial charge in [0, 0.05) is 5.88 Å². The van der Waals surface area contributed by atoms with Gasteiger partial charge < -0.3 is 10.2 Å². The standard InChI is InChI=1S/C2H5ClO.C2H4O/c3-1-2-4;1-2-3/h4H,1-2H2;2-3H,1H2. The average molecular weight is 125 g/mol. The molecule has 2 nitrogen and oxygen atoms in total. The minimum Gasteiger partial charge on any atom is -0.516 e. The van der Waals surface area contributed by atoms with Gasteiger partial charge in [-0.05, 0) is 0 Å². The van der Waals surface area contributed by atoms with Crippen LogP contribution in [-0.4, -0.2) is 22.7 Å². The van der Waals surface area contributed by atoms with Crippen LogP contribution in [0.4, 0.5) is 0 Å². The molecule has 0 amide bonds. The van der Waals surface area contributed by atoms with Gasteiger partial charge in [-0.3, -0.25) is 0 Å². The fourth-order valence-electron chi connectivity index (χ4n) is 0. The molecule has 0 atom stereocenters. The maximum atomic E-state index is 7.74. The van der Waals surface area contributed by atoms with Crippen LogP contribution in [0.5, 0.6) is 0 Å². The topological polar surface area (TPSA) is 40.5 Å². The van der Waals surface area contributed by atoms with Crippen molar-refractivity contribution >= 4 is 11.6 Å². The zero-order valence-electron chi connectivity index (χ0n) is 3.97. The lowest BCUT2D eigenvalue weighted by Gasteiger charge is -1.67. The highest BCUT2D eigenvalue weighted by molar-refractivity contribution is 6.17. The Bertz CT molecular complexity index is 28.9. The summed E-state index contributed by atoms with van der Waals surface area (Å²) in [7, 11) is 0. The summed E-state index contributed by atoms with van der Waals surface area (Å²) in [4.78, 5) is 0. The second-order valence-electron chi connectivity index (χ2n) is 0.595. The summed E-state index contributed by atoms with van der Waals surface area (Å²) in [5.74, 6) is 0.347. The number of alkyl halides is 1. The highest BCUT2D eigenvalue weighted by Crippen LogP contribution is 1.63. The van der Waals surface area contributed by atoms with E-state index in [0.717, 1.165) is 6.26 Å². The Kier molecular flexibility index (Phi) is 24.2. The molecule has 0 saturated heterocycles. The molecule has 0 aromatic carbocycles. The quantitative estimate of drug-likeness (QED) is 0.403. The second kappa shape index (κ2) is 17.1. The average Bonchev–Trinajstić information content (AvgIpc) is 1.69. The molecule has 7 heavy (non-hydrogen) atoms. The molecule has 0 spiro atoms. The largest absolute Gasteiger partial charge is 0.516 e. The lowest BCUT2D eigenvalue weighted by Crippen LogP contribution is -1.76. The van der Waals surface area contributed by atoms with Crippen LogP contribution in [0.3, 0.4) is 0 Å². The number of aliphatic hydroxyl groups excluding tert-OH is 2. The second-order valence-corrected chi connectivity index (χ2v) is 0.973. The molecular formula is C4H9ClO2. The lowest BCUT2D eigenvalue weighted by atomic mass is 10.9. The van der Waals surface area contributed by atoms with Crippen molar-refractivity contribution in [1.29, 1.82) is 0 Å². The molecule has 0 aliphatic heterocycles. The predicted octanol–water partition coefficient (Wildman–Crippen LogP) is 0.905. The molecule has 0 bridgehead atoms. The van der Waals surface area contributed by atoms with Crippen molar-refractivity contribution in [3.63, 3.8) is 0 Å².